The second kappa shape index (κ2) is 8.47. The van der Waals surface area contributed by atoms with Gasteiger partial charge in [-0.2, -0.15) is 0 Å². The molecule has 1 fully saturated rings. The van der Waals surface area contributed by atoms with E-state index in [0.29, 0.717) is 23.8 Å². The smallest absolute Gasteiger partial charge is 0.271 e. The summed E-state index contributed by atoms with van der Waals surface area (Å²) < 4.78 is 0. The highest BCUT2D eigenvalue weighted by Gasteiger charge is 2.27. The molecule has 1 saturated heterocycles. The summed E-state index contributed by atoms with van der Waals surface area (Å²) in [7, 11) is 0. The Morgan fingerprint density at radius 2 is 2.15 bits per heavy atom. The monoisotopic (exact) mass is 388 g/mol. The lowest BCUT2D eigenvalue weighted by Gasteiger charge is -2.36. The van der Waals surface area contributed by atoms with E-state index in [-0.39, 0.29) is 24.2 Å². The van der Waals surface area contributed by atoms with Crippen molar-refractivity contribution in [1.82, 2.24) is 10.2 Å². The Balaban J connectivity index is 1.73. The zero-order valence-electron chi connectivity index (χ0n) is 14.9. The summed E-state index contributed by atoms with van der Waals surface area (Å²) in [5.41, 5.74) is 2.16. The minimum atomic E-state index is -0.473. The molecule has 1 aliphatic heterocycles. The molecule has 0 bridgehead atoms. The Kier molecular flexibility index (Phi) is 6.05. The normalized spacial score (nSPS) is 17.5. The SMILES string of the molecule is Cc1ccc([N+](=O)[O-])cc1NC(=O)CN1CCNCC1c1ccccc1Cl. The van der Waals surface area contributed by atoms with Gasteiger partial charge in [-0.05, 0) is 24.1 Å². The molecule has 142 valence electrons. The molecule has 0 spiro atoms. The topological polar surface area (TPSA) is 87.5 Å². The van der Waals surface area contributed by atoms with Gasteiger partial charge in [0.2, 0.25) is 5.91 Å². The highest BCUT2D eigenvalue weighted by atomic mass is 35.5. The number of non-ortho nitro benzene ring substituents is 1. The minimum Gasteiger partial charge on any atom is -0.324 e. The number of amides is 1. The summed E-state index contributed by atoms with van der Waals surface area (Å²) in [5.74, 6) is -0.211. The van der Waals surface area contributed by atoms with Crippen LogP contribution in [0.25, 0.3) is 0 Å². The number of rotatable bonds is 5. The van der Waals surface area contributed by atoms with E-state index in [9.17, 15) is 14.9 Å². The maximum atomic E-state index is 12.6. The quantitative estimate of drug-likeness (QED) is 0.607. The van der Waals surface area contributed by atoms with E-state index in [1.54, 1.807) is 13.0 Å². The molecule has 3 rings (SSSR count). The number of hydrogen-bond donors (Lipinski definition) is 2. The molecule has 1 atom stereocenters. The van der Waals surface area contributed by atoms with Crippen molar-refractivity contribution in [2.45, 2.75) is 13.0 Å². The van der Waals surface area contributed by atoms with Gasteiger partial charge in [-0.25, -0.2) is 0 Å². The molecule has 7 nitrogen and oxygen atoms in total. The van der Waals surface area contributed by atoms with Crippen molar-refractivity contribution in [3.63, 3.8) is 0 Å². The molecule has 1 aliphatic rings. The Morgan fingerprint density at radius 1 is 1.37 bits per heavy atom. The fourth-order valence-corrected chi connectivity index (χ4v) is 3.48. The second-order valence-corrected chi connectivity index (χ2v) is 6.92. The summed E-state index contributed by atoms with van der Waals surface area (Å²) in [5, 5.41) is 17.8. The van der Waals surface area contributed by atoms with Gasteiger partial charge >= 0.3 is 0 Å². The fourth-order valence-electron chi connectivity index (χ4n) is 3.22. The second-order valence-electron chi connectivity index (χ2n) is 6.52. The van der Waals surface area contributed by atoms with Crippen molar-refractivity contribution in [3.8, 4) is 0 Å². The Bertz CT molecular complexity index is 859. The number of carbonyl (C=O) groups excluding carboxylic acids is 1. The third-order valence-corrected chi connectivity index (χ3v) is 5.02. The number of piperazine rings is 1. The van der Waals surface area contributed by atoms with Crippen molar-refractivity contribution >= 4 is 28.9 Å². The summed E-state index contributed by atoms with van der Waals surface area (Å²) in [4.78, 5) is 25.2. The number of aryl methyl sites for hydroxylation is 1. The molecule has 27 heavy (non-hydrogen) atoms. The number of carbonyl (C=O) groups is 1. The van der Waals surface area contributed by atoms with Crippen molar-refractivity contribution in [2.75, 3.05) is 31.5 Å². The van der Waals surface area contributed by atoms with Crippen LogP contribution in [0.15, 0.2) is 42.5 Å². The van der Waals surface area contributed by atoms with Gasteiger partial charge in [-0.15, -0.1) is 0 Å². The highest BCUT2D eigenvalue weighted by Crippen LogP contribution is 2.28. The molecule has 1 unspecified atom stereocenters. The number of nitro benzene ring substituents is 1. The minimum absolute atomic E-state index is 0.00981. The van der Waals surface area contributed by atoms with Gasteiger partial charge in [0.05, 0.1) is 17.2 Å². The molecule has 1 amide bonds. The molecule has 0 aliphatic carbocycles. The molecule has 2 aromatic carbocycles. The highest BCUT2D eigenvalue weighted by molar-refractivity contribution is 6.31. The maximum absolute atomic E-state index is 12.6. The van der Waals surface area contributed by atoms with Crippen LogP contribution in [0.2, 0.25) is 5.02 Å². The Morgan fingerprint density at radius 3 is 2.89 bits per heavy atom. The van der Waals surface area contributed by atoms with Crippen LogP contribution in [-0.2, 0) is 4.79 Å². The van der Waals surface area contributed by atoms with Gasteiger partial charge in [-0.3, -0.25) is 19.8 Å². The Labute approximate surface area is 162 Å². The fraction of sp³-hybridized carbons (Fsp3) is 0.316. The first-order valence-corrected chi connectivity index (χ1v) is 9.07. The predicted octanol–water partition coefficient (Wildman–Crippen LogP) is 3.14. The molecular formula is C19H21ClN4O3. The lowest BCUT2D eigenvalue weighted by atomic mass is 10.0. The van der Waals surface area contributed by atoms with Gasteiger partial charge in [0.25, 0.3) is 5.69 Å². The first-order valence-electron chi connectivity index (χ1n) is 8.70. The summed E-state index contributed by atoms with van der Waals surface area (Å²) in [6, 6.07) is 12.1. The molecule has 2 N–H and O–H groups in total. The molecule has 1 heterocycles. The summed E-state index contributed by atoms with van der Waals surface area (Å²) in [6.45, 7) is 4.17. The third kappa shape index (κ3) is 4.63. The van der Waals surface area contributed by atoms with Gasteiger partial charge in [0, 0.05) is 42.8 Å². The Hall–Kier alpha value is -2.48. The number of nitrogens with zero attached hydrogens (tertiary/aromatic N) is 2. The van der Waals surface area contributed by atoms with E-state index >= 15 is 0 Å². The molecule has 2 aromatic rings. The predicted molar refractivity (Wildman–Crippen MR) is 105 cm³/mol. The van der Waals surface area contributed by atoms with Crippen LogP contribution < -0.4 is 10.6 Å². The standard InChI is InChI=1S/C19H21ClN4O3/c1-13-6-7-14(24(26)27)10-17(13)22-19(25)12-23-9-8-21-11-18(23)15-4-2-3-5-16(15)20/h2-7,10,18,21H,8-9,11-12H2,1H3,(H,22,25). The van der Waals surface area contributed by atoms with E-state index in [1.165, 1.54) is 12.1 Å². The molecule has 8 heteroatoms. The van der Waals surface area contributed by atoms with Crippen LogP contribution in [0.3, 0.4) is 0 Å². The first kappa shape index (κ1) is 19.3. The first-order chi connectivity index (χ1) is 13.0. The van der Waals surface area contributed by atoms with Crippen molar-refractivity contribution in [3.05, 3.63) is 68.7 Å². The van der Waals surface area contributed by atoms with Gasteiger partial charge in [-0.1, -0.05) is 35.9 Å². The van der Waals surface area contributed by atoms with Crippen LogP contribution in [0, 0.1) is 17.0 Å². The number of nitro groups is 1. The summed E-state index contributed by atoms with van der Waals surface area (Å²) >= 11 is 6.34. The number of halogens is 1. The van der Waals surface area contributed by atoms with Crippen molar-refractivity contribution < 1.29 is 9.72 Å². The third-order valence-electron chi connectivity index (χ3n) is 4.67. The van der Waals surface area contributed by atoms with Crippen molar-refractivity contribution in [2.24, 2.45) is 0 Å². The van der Waals surface area contributed by atoms with Crippen LogP contribution in [0.1, 0.15) is 17.2 Å². The van der Waals surface area contributed by atoms with Crippen LogP contribution in [-0.4, -0.2) is 41.9 Å². The largest absolute Gasteiger partial charge is 0.324 e. The average molecular weight is 389 g/mol. The van der Waals surface area contributed by atoms with Gasteiger partial charge < -0.3 is 10.6 Å². The molecule has 0 aromatic heterocycles. The lowest BCUT2D eigenvalue weighted by molar-refractivity contribution is -0.384. The van der Waals surface area contributed by atoms with Crippen LogP contribution in [0.4, 0.5) is 11.4 Å². The number of benzene rings is 2. The molecule has 0 radical (unpaired) electrons. The zero-order valence-corrected chi connectivity index (χ0v) is 15.7. The van der Waals surface area contributed by atoms with Gasteiger partial charge in [0.15, 0.2) is 0 Å². The number of hydrogen-bond acceptors (Lipinski definition) is 5. The lowest BCUT2D eigenvalue weighted by Crippen LogP contribution is -2.48. The maximum Gasteiger partial charge on any atom is 0.271 e. The van der Waals surface area contributed by atoms with E-state index in [1.807, 2.05) is 24.3 Å². The van der Waals surface area contributed by atoms with E-state index in [2.05, 4.69) is 15.5 Å². The summed E-state index contributed by atoms with van der Waals surface area (Å²) in [6.07, 6.45) is 0. The number of nitrogens with one attached hydrogen (secondary N) is 2. The molecular weight excluding hydrogens is 368 g/mol. The van der Waals surface area contributed by atoms with Crippen LogP contribution >= 0.6 is 11.6 Å². The van der Waals surface area contributed by atoms with Crippen LogP contribution in [0.5, 0.6) is 0 Å². The zero-order chi connectivity index (χ0) is 19.4. The van der Waals surface area contributed by atoms with E-state index in [4.69, 9.17) is 11.6 Å². The van der Waals surface area contributed by atoms with Gasteiger partial charge in [0.1, 0.15) is 0 Å². The average Bonchev–Trinajstić information content (AvgIpc) is 2.64. The number of anilines is 1. The van der Waals surface area contributed by atoms with E-state index < -0.39 is 4.92 Å². The van der Waals surface area contributed by atoms with Crippen molar-refractivity contribution in [1.29, 1.82) is 0 Å². The molecule has 0 saturated carbocycles. The van der Waals surface area contributed by atoms with E-state index in [0.717, 1.165) is 17.7 Å².